The van der Waals surface area contributed by atoms with Crippen molar-refractivity contribution >= 4 is 23.6 Å². The van der Waals surface area contributed by atoms with Crippen LogP contribution in [0.5, 0.6) is 11.5 Å². The van der Waals surface area contributed by atoms with Gasteiger partial charge in [0.2, 0.25) is 5.89 Å². The van der Waals surface area contributed by atoms with Gasteiger partial charge in [-0.3, -0.25) is 0 Å². The quantitative estimate of drug-likeness (QED) is 0.458. The molecule has 1 aliphatic heterocycles. The van der Waals surface area contributed by atoms with Crippen LogP contribution in [0.1, 0.15) is 13.8 Å². The molecule has 174 valence electrons. The lowest BCUT2D eigenvalue weighted by atomic mass is 10.1. The monoisotopic (exact) mass is 469 g/mol. The van der Waals surface area contributed by atoms with Crippen molar-refractivity contribution in [1.82, 2.24) is 9.29 Å². The molecule has 1 aromatic heterocycles. The van der Waals surface area contributed by atoms with Gasteiger partial charge in [-0.15, -0.1) is 0 Å². The predicted molar refractivity (Wildman–Crippen MR) is 127 cm³/mol. The molecule has 0 aliphatic carbocycles. The molecule has 8 nitrogen and oxygen atoms in total. The summed E-state index contributed by atoms with van der Waals surface area (Å²) in [6, 6.07) is 13.9. The van der Waals surface area contributed by atoms with E-state index in [9.17, 15) is 4.79 Å². The van der Waals surface area contributed by atoms with Crippen molar-refractivity contribution in [2.75, 3.05) is 37.7 Å². The van der Waals surface area contributed by atoms with Gasteiger partial charge in [0.05, 0.1) is 17.9 Å². The number of aromatic nitrogens is 1. The molecule has 0 spiro atoms. The second-order valence-electron chi connectivity index (χ2n) is 7.85. The highest BCUT2D eigenvalue weighted by Crippen LogP contribution is 2.34. The highest BCUT2D eigenvalue weighted by molar-refractivity contribution is 7.97. The molecule has 2 heterocycles. The highest BCUT2D eigenvalue weighted by atomic mass is 32.2. The van der Waals surface area contributed by atoms with E-state index in [-0.39, 0.29) is 6.10 Å². The zero-order chi connectivity index (χ0) is 23.2. The van der Waals surface area contributed by atoms with Crippen molar-refractivity contribution in [2.45, 2.75) is 24.8 Å². The van der Waals surface area contributed by atoms with Crippen molar-refractivity contribution in [2.24, 2.45) is 0 Å². The third-order valence-corrected chi connectivity index (χ3v) is 6.12. The lowest BCUT2D eigenvalue weighted by molar-refractivity contribution is -0.139. The molecule has 0 atom stereocenters. The van der Waals surface area contributed by atoms with E-state index in [4.69, 9.17) is 19.0 Å². The molecule has 1 saturated heterocycles. The maximum atomic E-state index is 11.0. The van der Waals surface area contributed by atoms with Gasteiger partial charge in [-0.1, -0.05) is 0 Å². The number of hydrogen-bond donors (Lipinski definition) is 1. The third kappa shape index (κ3) is 6.21. The number of carboxylic acids is 1. The molecule has 3 aromatic rings. The highest BCUT2D eigenvalue weighted by Gasteiger charge is 2.20. The van der Waals surface area contributed by atoms with Crippen molar-refractivity contribution < 1.29 is 23.8 Å². The standard InChI is InChI=1S/C24H27N3O5S/c1-17(2)32-19-4-6-20(7-5-19)33-27-12-10-26(11-13-27)18-3-8-21(24-25-9-14-30-24)22(15-18)31-16-23(28)29/h3-9,14-15,17H,10-13,16H2,1-2H3,(H,28,29). The Balaban J connectivity index is 1.38. The fraction of sp³-hybridized carbons (Fsp3) is 0.333. The Morgan fingerprint density at radius 1 is 1.15 bits per heavy atom. The van der Waals surface area contributed by atoms with Crippen molar-refractivity contribution in [1.29, 1.82) is 0 Å². The van der Waals surface area contributed by atoms with Crippen LogP contribution < -0.4 is 14.4 Å². The van der Waals surface area contributed by atoms with E-state index in [0.29, 0.717) is 17.2 Å². The van der Waals surface area contributed by atoms with Gasteiger partial charge in [0, 0.05) is 42.8 Å². The molecular weight excluding hydrogens is 442 g/mol. The minimum absolute atomic E-state index is 0.163. The summed E-state index contributed by atoms with van der Waals surface area (Å²) in [4.78, 5) is 18.6. The lowest BCUT2D eigenvalue weighted by Gasteiger charge is -2.35. The van der Waals surface area contributed by atoms with E-state index in [0.717, 1.165) is 37.6 Å². The van der Waals surface area contributed by atoms with Crippen LogP contribution in [0.3, 0.4) is 0 Å². The Kier molecular flexibility index (Phi) is 7.41. The van der Waals surface area contributed by atoms with Gasteiger partial charge < -0.3 is 23.9 Å². The summed E-state index contributed by atoms with van der Waals surface area (Å²) >= 11 is 1.75. The minimum atomic E-state index is -1.03. The number of rotatable bonds is 9. The van der Waals surface area contributed by atoms with Crippen LogP contribution >= 0.6 is 11.9 Å². The predicted octanol–water partition coefficient (Wildman–Crippen LogP) is 4.42. The molecule has 1 aliphatic rings. The lowest BCUT2D eigenvalue weighted by Crippen LogP contribution is -2.43. The number of carboxylic acid groups (broad SMARTS) is 1. The number of ether oxygens (including phenoxy) is 2. The topological polar surface area (TPSA) is 88.3 Å². The van der Waals surface area contributed by atoms with Gasteiger partial charge in [-0.05, 0) is 62.2 Å². The summed E-state index contributed by atoms with van der Waals surface area (Å²) in [5, 5.41) is 9.03. The number of aliphatic carboxylic acids is 1. The molecule has 1 fully saturated rings. The van der Waals surface area contributed by atoms with Crippen LogP contribution in [-0.2, 0) is 4.79 Å². The summed E-state index contributed by atoms with van der Waals surface area (Å²) in [7, 11) is 0. The number of carbonyl (C=O) groups is 1. The van der Waals surface area contributed by atoms with Crippen LogP contribution in [0.4, 0.5) is 5.69 Å². The molecule has 1 N–H and O–H groups in total. The molecule has 0 amide bonds. The van der Waals surface area contributed by atoms with E-state index in [1.165, 1.54) is 11.2 Å². The second kappa shape index (κ2) is 10.6. The number of benzene rings is 2. The first-order valence-electron chi connectivity index (χ1n) is 10.8. The molecule has 9 heteroatoms. The summed E-state index contributed by atoms with van der Waals surface area (Å²) in [6.07, 6.45) is 3.19. The van der Waals surface area contributed by atoms with Crippen LogP contribution in [0, 0.1) is 0 Å². The minimum Gasteiger partial charge on any atom is -0.491 e. The third-order valence-electron chi connectivity index (χ3n) is 5.01. The van der Waals surface area contributed by atoms with E-state index < -0.39 is 12.6 Å². The largest absolute Gasteiger partial charge is 0.491 e. The SMILES string of the molecule is CC(C)Oc1ccc(SN2CCN(c3ccc(-c4ncco4)c(OCC(=O)O)c3)CC2)cc1. The zero-order valence-electron chi connectivity index (χ0n) is 18.6. The maximum Gasteiger partial charge on any atom is 0.341 e. The van der Waals surface area contributed by atoms with Crippen LogP contribution in [0.15, 0.2) is 64.2 Å². The Hall–Kier alpha value is -3.17. The number of nitrogens with zero attached hydrogens (tertiary/aromatic N) is 3. The summed E-state index contributed by atoms with van der Waals surface area (Å²) in [5.41, 5.74) is 1.61. The van der Waals surface area contributed by atoms with Gasteiger partial charge in [0.1, 0.15) is 17.8 Å². The average molecular weight is 470 g/mol. The Labute approximate surface area is 197 Å². The number of oxazole rings is 1. The Bertz CT molecular complexity index is 1050. The van der Waals surface area contributed by atoms with E-state index in [2.05, 4.69) is 26.3 Å². The fourth-order valence-corrected chi connectivity index (χ4v) is 4.44. The summed E-state index contributed by atoms with van der Waals surface area (Å²) in [5.74, 6) is 0.687. The molecule has 2 aromatic carbocycles. The van der Waals surface area contributed by atoms with Crippen molar-refractivity contribution in [3.05, 3.63) is 54.9 Å². The molecule has 0 bridgehead atoms. The first kappa shape index (κ1) is 23.0. The van der Waals surface area contributed by atoms with E-state index in [1.54, 1.807) is 18.1 Å². The van der Waals surface area contributed by atoms with Gasteiger partial charge in [-0.25, -0.2) is 14.1 Å². The first-order chi connectivity index (χ1) is 16.0. The fourth-order valence-electron chi connectivity index (χ4n) is 3.54. The van der Waals surface area contributed by atoms with Crippen LogP contribution in [0.2, 0.25) is 0 Å². The molecule has 33 heavy (non-hydrogen) atoms. The molecule has 0 saturated carbocycles. The van der Waals surface area contributed by atoms with Gasteiger partial charge in [0.15, 0.2) is 6.61 Å². The maximum absolute atomic E-state index is 11.0. The smallest absolute Gasteiger partial charge is 0.341 e. The summed E-state index contributed by atoms with van der Waals surface area (Å²) in [6.45, 7) is 7.08. The average Bonchev–Trinajstić information content (AvgIpc) is 3.34. The van der Waals surface area contributed by atoms with Crippen LogP contribution in [0.25, 0.3) is 11.5 Å². The van der Waals surface area contributed by atoms with Crippen molar-refractivity contribution in [3.8, 4) is 23.0 Å². The molecular formula is C24H27N3O5S. The number of piperazine rings is 1. The summed E-state index contributed by atoms with van der Waals surface area (Å²) < 4.78 is 19.0. The van der Waals surface area contributed by atoms with E-state index >= 15 is 0 Å². The Morgan fingerprint density at radius 2 is 1.91 bits per heavy atom. The number of anilines is 1. The second-order valence-corrected chi connectivity index (χ2v) is 9.02. The van der Waals surface area contributed by atoms with Gasteiger partial charge >= 0.3 is 5.97 Å². The van der Waals surface area contributed by atoms with Crippen LogP contribution in [-0.4, -0.2) is 59.3 Å². The van der Waals surface area contributed by atoms with Crippen molar-refractivity contribution in [3.63, 3.8) is 0 Å². The van der Waals surface area contributed by atoms with Gasteiger partial charge in [0.25, 0.3) is 0 Å². The molecule has 0 radical (unpaired) electrons. The van der Waals surface area contributed by atoms with Gasteiger partial charge in [-0.2, -0.15) is 0 Å². The van der Waals surface area contributed by atoms with E-state index in [1.807, 2.05) is 44.2 Å². The number of hydrogen-bond acceptors (Lipinski definition) is 8. The molecule has 4 rings (SSSR count). The normalized spacial score (nSPS) is 14.5. The first-order valence-corrected chi connectivity index (χ1v) is 11.6. The molecule has 0 unspecified atom stereocenters. The Morgan fingerprint density at radius 3 is 2.55 bits per heavy atom. The zero-order valence-corrected chi connectivity index (χ0v) is 19.5.